The molecule has 1 aliphatic carbocycles. The number of pyridine rings is 1. The van der Waals surface area contributed by atoms with Gasteiger partial charge in [-0.1, -0.05) is 0 Å². The van der Waals surface area contributed by atoms with Gasteiger partial charge in [0.05, 0.1) is 29.8 Å². The van der Waals surface area contributed by atoms with E-state index in [2.05, 4.69) is 0 Å². The summed E-state index contributed by atoms with van der Waals surface area (Å²) in [5.41, 5.74) is 10.5. The molecular weight excluding hydrogens is 395 g/mol. The van der Waals surface area contributed by atoms with E-state index in [0.29, 0.717) is 25.0 Å². The fourth-order valence-electron chi connectivity index (χ4n) is 4.29. The molecule has 2 aliphatic rings. The lowest BCUT2D eigenvalue weighted by Gasteiger charge is -2.38. The number of carbonyl (C=O) groups is 1. The number of carboxylic acid groups (broad SMARTS) is 1. The summed E-state index contributed by atoms with van der Waals surface area (Å²) in [6, 6.07) is -0.0159. The predicted octanol–water partition coefficient (Wildman–Crippen LogP) is 0.910. The van der Waals surface area contributed by atoms with Gasteiger partial charge in [0.1, 0.15) is 11.3 Å². The number of piperidine rings is 1. The quantitative estimate of drug-likeness (QED) is 0.523. The molecule has 6 N–H and O–H groups in total. The average Bonchev–Trinajstić information content (AvgIpc) is 3.56. The highest BCUT2D eigenvalue weighted by Gasteiger charge is 2.35. The zero-order valence-electron chi connectivity index (χ0n) is 16.6. The van der Waals surface area contributed by atoms with E-state index in [1.807, 2.05) is 0 Å². The van der Waals surface area contributed by atoms with Crippen LogP contribution < -0.4 is 26.5 Å². The van der Waals surface area contributed by atoms with Crippen molar-refractivity contribution in [1.82, 2.24) is 4.57 Å². The Labute approximate surface area is 171 Å². The zero-order chi connectivity index (χ0) is 21.7. The van der Waals surface area contributed by atoms with E-state index in [0.717, 1.165) is 12.8 Å². The van der Waals surface area contributed by atoms with Crippen LogP contribution in [0.25, 0.3) is 10.9 Å². The molecule has 2 aromatic rings. The fraction of sp³-hybridized carbons (Fsp3) is 0.500. The summed E-state index contributed by atoms with van der Waals surface area (Å²) >= 11 is 0. The molecule has 1 aromatic carbocycles. The van der Waals surface area contributed by atoms with E-state index in [1.165, 1.54) is 13.3 Å². The van der Waals surface area contributed by atoms with Crippen molar-refractivity contribution >= 4 is 28.2 Å². The Morgan fingerprint density at radius 1 is 1.37 bits per heavy atom. The number of methoxy groups -OCH3 is 1. The molecule has 0 radical (unpaired) electrons. The molecular formula is C20H25FN4O5. The summed E-state index contributed by atoms with van der Waals surface area (Å²) in [7, 11) is 1.37. The second kappa shape index (κ2) is 7.44. The third-order valence-electron chi connectivity index (χ3n) is 6.07. The molecule has 1 saturated heterocycles. The van der Waals surface area contributed by atoms with Gasteiger partial charge in [-0.05, 0) is 25.8 Å². The monoisotopic (exact) mass is 420 g/mol. The first-order chi connectivity index (χ1) is 14.3. The Bertz CT molecular complexity index is 1080. The number of nitrogens with two attached hydrogens (primary N) is 2. The molecule has 4 rings (SSSR count). The van der Waals surface area contributed by atoms with Crippen molar-refractivity contribution in [3.63, 3.8) is 0 Å². The number of nitrogen functional groups attached to an aromatic ring is 1. The number of fused-ring (bicyclic) bond motifs is 1. The largest absolute Gasteiger partial charge is 0.492 e. The van der Waals surface area contributed by atoms with Gasteiger partial charge in [0.25, 0.3) is 0 Å². The van der Waals surface area contributed by atoms with E-state index in [4.69, 9.17) is 16.2 Å². The summed E-state index contributed by atoms with van der Waals surface area (Å²) in [5.74, 6) is -2.35. The first-order valence-electron chi connectivity index (χ1n) is 9.90. The minimum absolute atomic E-state index is 0.0159. The van der Waals surface area contributed by atoms with E-state index >= 15 is 4.39 Å². The molecule has 0 spiro atoms. The SMILES string of the molecule is COc1c(N2CCC(O)C(CN)C2)c(F)c(N)c2c(=O)c(C(=O)O)cn(C3CC3)c12. The molecule has 2 unspecified atom stereocenters. The number of rotatable bonds is 5. The van der Waals surface area contributed by atoms with Crippen LogP contribution in [0, 0.1) is 11.7 Å². The molecule has 30 heavy (non-hydrogen) atoms. The van der Waals surface area contributed by atoms with Gasteiger partial charge in [-0.3, -0.25) is 4.79 Å². The second-order valence-electron chi connectivity index (χ2n) is 7.95. The first-order valence-corrected chi connectivity index (χ1v) is 9.90. The number of ether oxygens (including phenoxy) is 1. The smallest absolute Gasteiger partial charge is 0.341 e. The fourth-order valence-corrected chi connectivity index (χ4v) is 4.29. The van der Waals surface area contributed by atoms with Gasteiger partial charge in [-0.15, -0.1) is 0 Å². The van der Waals surface area contributed by atoms with Crippen molar-refractivity contribution in [1.29, 1.82) is 0 Å². The molecule has 2 heterocycles. The normalized spacial score (nSPS) is 21.8. The Kier molecular flexibility index (Phi) is 5.07. The van der Waals surface area contributed by atoms with Gasteiger partial charge in [-0.25, -0.2) is 9.18 Å². The molecule has 1 saturated carbocycles. The summed E-state index contributed by atoms with van der Waals surface area (Å²) in [5, 5.41) is 19.4. The molecule has 1 aliphatic heterocycles. The van der Waals surface area contributed by atoms with Crippen LogP contribution in [0.2, 0.25) is 0 Å². The van der Waals surface area contributed by atoms with Gasteiger partial charge < -0.3 is 35.9 Å². The van der Waals surface area contributed by atoms with Crippen LogP contribution in [0.1, 0.15) is 35.7 Å². The number of aromatic carboxylic acids is 1. The molecule has 1 aromatic heterocycles. The van der Waals surface area contributed by atoms with E-state index < -0.39 is 34.6 Å². The number of halogens is 1. The lowest BCUT2D eigenvalue weighted by molar-refractivity contribution is 0.0694. The van der Waals surface area contributed by atoms with Gasteiger partial charge >= 0.3 is 5.97 Å². The summed E-state index contributed by atoms with van der Waals surface area (Å²) in [4.78, 5) is 26.2. The van der Waals surface area contributed by atoms with Crippen molar-refractivity contribution < 1.29 is 24.1 Å². The minimum atomic E-state index is -1.39. The number of hydrogen-bond donors (Lipinski definition) is 4. The standard InChI is InChI=1S/C20H25FN4O5/c1-30-19-16-13(18(27)11(20(28)29)8-25(16)10-2-3-10)15(23)14(21)17(19)24-5-4-12(26)9(6-22)7-24/h8-10,12,26H,2-7,22-23H2,1H3,(H,28,29). The molecule has 10 heteroatoms. The number of aromatic nitrogens is 1. The molecule has 162 valence electrons. The number of aliphatic hydroxyl groups excluding tert-OH is 1. The van der Waals surface area contributed by atoms with E-state index in [1.54, 1.807) is 9.47 Å². The maximum Gasteiger partial charge on any atom is 0.341 e. The van der Waals surface area contributed by atoms with Crippen molar-refractivity contribution in [3.05, 3.63) is 27.8 Å². The highest BCUT2D eigenvalue weighted by molar-refractivity contribution is 6.03. The Balaban J connectivity index is 2.03. The van der Waals surface area contributed by atoms with Crippen LogP contribution in [0.15, 0.2) is 11.0 Å². The highest BCUT2D eigenvalue weighted by atomic mass is 19.1. The van der Waals surface area contributed by atoms with Crippen LogP contribution in [-0.4, -0.2) is 53.6 Å². The summed E-state index contributed by atoms with van der Waals surface area (Å²) in [6.45, 7) is 0.896. The predicted molar refractivity (Wildman–Crippen MR) is 110 cm³/mol. The number of carboxylic acids is 1. The van der Waals surface area contributed by atoms with E-state index in [-0.39, 0.29) is 35.3 Å². The Morgan fingerprint density at radius 3 is 2.63 bits per heavy atom. The van der Waals surface area contributed by atoms with Crippen molar-refractivity contribution in [2.45, 2.75) is 31.4 Å². The highest BCUT2D eigenvalue weighted by Crippen LogP contribution is 2.46. The molecule has 0 bridgehead atoms. The van der Waals surface area contributed by atoms with Crippen molar-refractivity contribution in [2.24, 2.45) is 11.7 Å². The lowest BCUT2D eigenvalue weighted by atomic mass is 9.94. The summed E-state index contributed by atoms with van der Waals surface area (Å²) in [6.07, 6.45) is 2.71. The number of hydrogen-bond acceptors (Lipinski definition) is 7. The third-order valence-corrected chi connectivity index (χ3v) is 6.07. The minimum Gasteiger partial charge on any atom is -0.492 e. The molecule has 9 nitrogen and oxygen atoms in total. The average molecular weight is 420 g/mol. The Morgan fingerprint density at radius 2 is 2.07 bits per heavy atom. The first kappa shape index (κ1) is 20.4. The third kappa shape index (κ3) is 3.07. The van der Waals surface area contributed by atoms with Gasteiger partial charge in [0.2, 0.25) is 5.43 Å². The molecule has 0 amide bonds. The van der Waals surface area contributed by atoms with E-state index in [9.17, 15) is 19.8 Å². The number of nitrogens with zero attached hydrogens (tertiary/aromatic N) is 2. The van der Waals surface area contributed by atoms with Gasteiger partial charge in [0, 0.05) is 31.2 Å². The van der Waals surface area contributed by atoms with Crippen LogP contribution in [0.3, 0.4) is 0 Å². The number of aliphatic hydroxyl groups is 1. The van der Waals surface area contributed by atoms with Crippen LogP contribution in [-0.2, 0) is 0 Å². The second-order valence-corrected chi connectivity index (χ2v) is 7.95. The molecule has 2 atom stereocenters. The van der Waals surface area contributed by atoms with Crippen LogP contribution >= 0.6 is 0 Å². The number of anilines is 2. The maximum atomic E-state index is 15.5. The zero-order valence-corrected chi connectivity index (χ0v) is 16.6. The number of benzene rings is 1. The van der Waals surface area contributed by atoms with Gasteiger partial charge in [-0.2, -0.15) is 0 Å². The maximum absolute atomic E-state index is 15.5. The Hall–Kier alpha value is -2.85. The van der Waals surface area contributed by atoms with Crippen molar-refractivity contribution in [3.8, 4) is 5.75 Å². The topological polar surface area (TPSA) is 144 Å². The molecule has 2 fully saturated rings. The lowest BCUT2D eigenvalue weighted by Crippen LogP contribution is -2.46. The summed E-state index contributed by atoms with van der Waals surface area (Å²) < 4.78 is 22.8. The van der Waals surface area contributed by atoms with Crippen LogP contribution in [0.5, 0.6) is 5.75 Å². The van der Waals surface area contributed by atoms with Crippen molar-refractivity contribution in [2.75, 3.05) is 37.4 Å². The van der Waals surface area contributed by atoms with Gasteiger partial charge in [0.15, 0.2) is 11.6 Å². The van der Waals surface area contributed by atoms with Crippen LogP contribution in [0.4, 0.5) is 15.8 Å².